The number of fused-ring (bicyclic) bond motifs is 4. The third kappa shape index (κ3) is 3.50. The molecule has 2 aliphatic carbocycles. The highest BCUT2D eigenvalue weighted by atomic mass is 79.9. The Kier molecular flexibility index (Phi) is 4.94. The first-order valence-electron chi connectivity index (χ1n) is 9.74. The Balaban J connectivity index is 1.30. The summed E-state index contributed by atoms with van der Waals surface area (Å²) in [7, 11) is 2.01. The number of aromatic nitrogens is 1. The molecule has 1 aromatic heterocycles. The second-order valence-corrected chi connectivity index (χ2v) is 9.69. The van der Waals surface area contributed by atoms with Crippen LogP contribution in [-0.4, -0.2) is 16.5 Å². The normalized spacial score (nSPS) is 17.1. The lowest BCUT2D eigenvalue weighted by molar-refractivity contribution is 0.376. The van der Waals surface area contributed by atoms with Gasteiger partial charge in [0.15, 0.2) is 11.6 Å². The zero-order chi connectivity index (χ0) is 20.0. The van der Waals surface area contributed by atoms with Crippen LogP contribution in [0.25, 0.3) is 11.3 Å². The van der Waals surface area contributed by atoms with Crippen LogP contribution in [0.3, 0.4) is 0 Å². The Morgan fingerprint density at radius 3 is 2.79 bits per heavy atom. The second kappa shape index (κ2) is 7.47. The quantitative estimate of drug-likeness (QED) is 0.259. The predicted octanol–water partition coefficient (Wildman–Crippen LogP) is 6.29. The van der Waals surface area contributed by atoms with Crippen LogP contribution < -0.4 is 5.48 Å². The maximum absolute atomic E-state index is 5.73. The molecule has 1 N–H and O–H groups in total. The first kappa shape index (κ1) is 19.2. The summed E-state index contributed by atoms with van der Waals surface area (Å²) in [6.45, 7) is 2.15. The van der Waals surface area contributed by atoms with Crippen molar-refractivity contribution >= 4 is 34.0 Å². The van der Waals surface area contributed by atoms with Crippen molar-refractivity contribution in [1.82, 2.24) is 9.46 Å². The number of anilines is 1. The third-order valence-electron chi connectivity index (χ3n) is 6.08. The van der Waals surface area contributed by atoms with Crippen LogP contribution in [0.5, 0.6) is 0 Å². The molecule has 2 aliphatic rings. The van der Waals surface area contributed by atoms with Gasteiger partial charge in [-0.15, -0.1) is 0 Å². The number of halogens is 1. The Labute approximate surface area is 183 Å². The number of benzene rings is 2. The van der Waals surface area contributed by atoms with E-state index >= 15 is 0 Å². The molecule has 5 rings (SSSR count). The fourth-order valence-corrected chi connectivity index (χ4v) is 4.93. The highest BCUT2D eigenvalue weighted by Crippen LogP contribution is 2.58. The van der Waals surface area contributed by atoms with E-state index in [1.165, 1.54) is 36.2 Å². The van der Waals surface area contributed by atoms with Crippen LogP contribution in [0.2, 0.25) is 0 Å². The van der Waals surface area contributed by atoms with Gasteiger partial charge >= 0.3 is 0 Å². The van der Waals surface area contributed by atoms with E-state index in [9.17, 15) is 0 Å². The third-order valence-corrected chi connectivity index (χ3v) is 7.28. The average molecular weight is 472 g/mol. The van der Waals surface area contributed by atoms with Gasteiger partial charge in [-0.05, 0) is 49.4 Å². The fraction of sp³-hybridized carbons (Fsp3) is 0.318. The second-order valence-electron chi connectivity index (χ2n) is 7.88. The minimum Gasteiger partial charge on any atom is -0.354 e. The van der Waals surface area contributed by atoms with Gasteiger partial charge in [-0.3, -0.25) is 0 Å². The van der Waals surface area contributed by atoms with Crippen molar-refractivity contribution < 1.29 is 8.81 Å². The van der Waals surface area contributed by atoms with Crippen LogP contribution in [0.4, 0.5) is 5.82 Å². The summed E-state index contributed by atoms with van der Waals surface area (Å²) < 4.78 is 14.5. The maximum atomic E-state index is 5.73. The van der Waals surface area contributed by atoms with Crippen LogP contribution in [0.1, 0.15) is 42.5 Å². The lowest BCUT2D eigenvalue weighted by Gasteiger charge is -2.25. The highest BCUT2D eigenvalue weighted by molar-refractivity contribution is 9.10. The molecule has 1 spiro atoms. The smallest absolute Gasteiger partial charge is 0.197 e. The molecule has 0 saturated heterocycles. The van der Waals surface area contributed by atoms with Gasteiger partial charge in [-0.25, -0.2) is 9.79 Å². The van der Waals surface area contributed by atoms with E-state index in [4.69, 9.17) is 8.81 Å². The van der Waals surface area contributed by atoms with Gasteiger partial charge in [0.05, 0.1) is 0 Å². The van der Waals surface area contributed by atoms with Crippen LogP contribution in [-0.2, 0) is 16.1 Å². The zero-order valence-corrected chi connectivity index (χ0v) is 18.7. The number of nitrogens with one attached hydrogen (secondary N) is 1. The summed E-state index contributed by atoms with van der Waals surface area (Å²) in [5.74, 6) is 1.52. The highest BCUT2D eigenvalue weighted by Gasteiger charge is 2.50. The van der Waals surface area contributed by atoms with Crippen LogP contribution >= 0.6 is 28.2 Å². The molecule has 1 unspecified atom stereocenters. The molecule has 0 aliphatic heterocycles. The number of hydrogen-bond acceptors (Lipinski definition) is 6. The topological polar surface area (TPSA) is 50.5 Å². The molecule has 0 amide bonds. The molecular formula is C22H22BrN3O2S. The molecule has 0 bridgehead atoms. The minimum atomic E-state index is 0.216. The SMILES string of the molecule is CC(c1ccccc1)N(C)SONc1noc2c1CC1(CC1)c1ccc(Br)cc1-2. The van der Waals surface area contributed by atoms with Crippen LogP contribution in [0, 0.1) is 0 Å². The first-order chi connectivity index (χ1) is 14.1. The Morgan fingerprint density at radius 1 is 1.24 bits per heavy atom. The van der Waals surface area contributed by atoms with Gasteiger partial charge < -0.3 is 4.52 Å². The van der Waals surface area contributed by atoms with E-state index in [-0.39, 0.29) is 11.5 Å². The van der Waals surface area contributed by atoms with Gasteiger partial charge in [0.2, 0.25) is 0 Å². The molecule has 1 fully saturated rings. The largest absolute Gasteiger partial charge is 0.354 e. The Morgan fingerprint density at radius 2 is 2.03 bits per heavy atom. The van der Waals surface area contributed by atoms with Crippen molar-refractivity contribution in [2.45, 2.75) is 37.6 Å². The molecule has 2 aromatic carbocycles. The van der Waals surface area contributed by atoms with E-state index in [2.05, 4.69) is 80.3 Å². The summed E-state index contributed by atoms with van der Waals surface area (Å²) in [5, 5.41) is 4.26. The maximum Gasteiger partial charge on any atom is 0.197 e. The molecule has 29 heavy (non-hydrogen) atoms. The molecular weight excluding hydrogens is 450 g/mol. The van der Waals surface area contributed by atoms with Gasteiger partial charge in [0, 0.05) is 34.1 Å². The number of nitrogens with zero attached hydrogens (tertiary/aromatic N) is 2. The van der Waals surface area contributed by atoms with E-state index in [1.54, 1.807) is 0 Å². The van der Waals surface area contributed by atoms with E-state index in [0.717, 1.165) is 27.8 Å². The van der Waals surface area contributed by atoms with Crippen molar-refractivity contribution in [1.29, 1.82) is 0 Å². The molecule has 1 heterocycles. The van der Waals surface area contributed by atoms with Crippen molar-refractivity contribution in [3.63, 3.8) is 0 Å². The standard InChI is InChI=1S/C22H22BrN3O2S/c1-14(15-6-4-3-5-7-15)26(2)29-28-25-21-18-13-22(10-11-22)19-9-8-16(23)12-17(19)20(18)27-24-21/h3-9,12,14H,10-11,13H2,1-2H3,(H,24,25). The predicted molar refractivity (Wildman–Crippen MR) is 119 cm³/mol. The molecule has 3 aromatic rings. The summed E-state index contributed by atoms with van der Waals surface area (Å²) in [5.41, 5.74) is 8.10. The summed E-state index contributed by atoms with van der Waals surface area (Å²) in [4.78, 5) is 0. The number of hydrogen-bond donors (Lipinski definition) is 1. The Hall–Kier alpha value is -1.80. The zero-order valence-electron chi connectivity index (χ0n) is 16.3. The van der Waals surface area contributed by atoms with Crippen LogP contribution in [0.15, 0.2) is 57.5 Å². The van der Waals surface area contributed by atoms with Gasteiger partial charge in [0.1, 0.15) is 12.2 Å². The summed E-state index contributed by atoms with van der Waals surface area (Å²) in [6.07, 6.45) is 3.35. The van der Waals surface area contributed by atoms with E-state index in [1.807, 2.05) is 13.1 Å². The molecule has 0 radical (unpaired) electrons. The minimum absolute atomic E-state index is 0.216. The van der Waals surface area contributed by atoms with E-state index in [0.29, 0.717) is 5.82 Å². The first-order valence-corrected chi connectivity index (χ1v) is 11.2. The molecule has 5 nitrogen and oxygen atoms in total. The van der Waals surface area contributed by atoms with Gasteiger partial charge in [-0.1, -0.05) is 57.5 Å². The molecule has 1 atom stereocenters. The van der Waals surface area contributed by atoms with Crippen molar-refractivity contribution in [3.8, 4) is 11.3 Å². The molecule has 7 heteroatoms. The summed E-state index contributed by atoms with van der Waals surface area (Å²) in [6, 6.07) is 17.0. The van der Waals surface area contributed by atoms with Crippen molar-refractivity contribution in [2.24, 2.45) is 0 Å². The molecule has 150 valence electrons. The summed E-state index contributed by atoms with van der Waals surface area (Å²) >= 11 is 4.85. The average Bonchev–Trinajstić information content (AvgIpc) is 3.39. The van der Waals surface area contributed by atoms with Gasteiger partial charge in [-0.2, -0.15) is 4.28 Å². The Bertz CT molecular complexity index is 1040. The fourth-order valence-electron chi connectivity index (χ4n) is 4.09. The lowest BCUT2D eigenvalue weighted by atomic mass is 9.79. The van der Waals surface area contributed by atoms with Crippen molar-refractivity contribution in [2.75, 3.05) is 12.5 Å². The lowest BCUT2D eigenvalue weighted by Crippen LogP contribution is -2.18. The molecule has 1 saturated carbocycles. The van der Waals surface area contributed by atoms with E-state index < -0.39 is 0 Å². The number of rotatable bonds is 6. The van der Waals surface area contributed by atoms with Crippen molar-refractivity contribution in [3.05, 3.63) is 69.7 Å². The monoisotopic (exact) mass is 471 g/mol. The van der Waals surface area contributed by atoms with Gasteiger partial charge in [0.25, 0.3) is 0 Å².